The molecule has 1 aromatic carbocycles. The molecule has 0 spiro atoms. The van der Waals surface area contributed by atoms with Crippen LogP contribution in [-0.4, -0.2) is 5.54 Å². The summed E-state index contributed by atoms with van der Waals surface area (Å²) in [5.74, 6) is 0.307. The van der Waals surface area contributed by atoms with Gasteiger partial charge in [-0.2, -0.15) is 5.26 Å². The molecule has 2 unspecified atom stereocenters. The van der Waals surface area contributed by atoms with E-state index < -0.39 is 5.54 Å². The molecule has 1 rings (SSSR count). The summed E-state index contributed by atoms with van der Waals surface area (Å²) in [6, 6.07) is 10.3. The molecule has 0 saturated heterocycles. The van der Waals surface area contributed by atoms with Gasteiger partial charge in [0, 0.05) is 10.2 Å². The van der Waals surface area contributed by atoms with Crippen LogP contribution in [0.2, 0.25) is 0 Å². The fraction of sp³-hybridized carbons (Fsp3) is 0.462. The molecule has 0 heterocycles. The highest BCUT2D eigenvalue weighted by molar-refractivity contribution is 9.10. The largest absolute Gasteiger partial charge is 0.367 e. The summed E-state index contributed by atoms with van der Waals surface area (Å²) < 4.78 is 1.04. The molecule has 2 nitrogen and oxygen atoms in total. The van der Waals surface area contributed by atoms with Crippen LogP contribution < -0.4 is 5.32 Å². The Morgan fingerprint density at radius 1 is 1.44 bits per heavy atom. The second kappa shape index (κ2) is 5.36. The van der Waals surface area contributed by atoms with Gasteiger partial charge in [0.2, 0.25) is 0 Å². The van der Waals surface area contributed by atoms with Crippen LogP contribution in [0.3, 0.4) is 0 Å². The first-order chi connectivity index (χ1) is 7.51. The summed E-state index contributed by atoms with van der Waals surface area (Å²) in [6.07, 6.45) is 0.980. The monoisotopic (exact) mass is 280 g/mol. The second-order valence-electron chi connectivity index (χ2n) is 4.26. The minimum absolute atomic E-state index is 0.307. The molecular formula is C13H17BrN2. The zero-order valence-electron chi connectivity index (χ0n) is 9.92. The average molecular weight is 281 g/mol. The van der Waals surface area contributed by atoms with Crippen molar-refractivity contribution in [2.45, 2.75) is 32.7 Å². The Labute approximate surface area is 106 Å². The van der Waals surface area contributed by atoms with Gasteiger partial charge in [-0.25, -0.2) is 0 Å². The smallest absolute Gasteiger partial charge is 0.125 e. The highest BCUT2D eigenvalue weighted by Crippen LogP contribution is 2.25. The lowest BCUT2D eigenvalue weighted by Gasteiger charge is -2.30. The van der Waals surface area contributed by atoms with E-state index in [9.17, 15) is 5.26 Å². The third-order valence-corrected chi connectivity index (χ3v) is 3.61. The van der Waals surface area contributed by atoms with Gasteiger partial charge in [0.25, 0.3) is 0 Å². The minimum atomic E-state index is -0.511. The number of nitriles is 1. The maximum atomic E-state index is 9.28. The maximum Gasteiger partial charge on any atom is 0.125 e. The fourth-order valence-corrected chi connectivity index (χ4v) is 1.77. The summed E-state index contributed by atoms with van der Waals surface area (Å²) in [5, 5.41) is 12.6. The van der Waals surface area contributed by atoms with Crippen LogP contribution in [-0.2, 0) is 0 Å². The molecule has 3 heteroatoms. The Balaban J connectivity index is 2.86. The molecule has 2 atom stereocenters. The van der Waals surface area contributed by atoms with E-state index >= 15 is 0 Å². The van der Waals surface area contributed by atoms with Gasteiger partial charge in [-0.15, -0.1) is 0 Å². The Morgan fingerprint density at radius 2 is 2.00 bits per heavy atom. The van der Waals surface area contributed by atoms with Gasteiger partial charge < -0.3 is 5.32 Å². The summed E-state index contributed by atoms with van der Waals surface area (Å²) >= 11 is 3.39. The van der Waals surface area contributed by atoms with Crippen LogP contribution in [0.25, 0.3) is 0 Å². The van der Waals surface area contributed by atoms with Crippen molar-refractivity contribution in [3.8, 4) is 6.07 Å². The highest BCUT2D eigenvalue weighted by Gasteiger charge is 2.29. The molecule has 1 N–H and O–H groups in total. The number of anilines is 1. The zero-order chi connectivity index (χ0) is 12.2. The zero-order valence-corrected chi connectivity index (χ0v) is 11.5. The van der Waals surface area contributed by atoms with Crippen molar-refractivity contribution in [2.75, 3.05) is 5.32 Å². The van der Waals surface area contributed by atoms with Crippen LogP contribution in [0, 0.1) is 17.2 Å². The van der Waals surface area contributed by atoms with Crippen molar-refractivity contribution in [1.29, 1.82) is 5.26 Å². The first-order valence-electron chi connectivity index (χ1n) is 5.47. The molecule has 0 radical (unpaired) electrons. The van der Waals surface area contributed by atoms with Crippen molar-refractivity contribution >= 4 is 21.6 Å². The van der Waals surface area contributed by atoms with Crippen molar-refractivity contribution in [1.82, 2.24) is 0 Å². The SMILES string of the molecule is CCC(C)C(C)(C#N)Nc1ccc(Br)cc1. The van der Waals surface area contributed by atoms with Crippen LogP contribution in [0.1, 0.15) is 27.2 Å². The normalized spacial score (nSPS) is 15.9. The lowest BCUT2D eigenvalue weighted by atomic mass is 9.86. The third-order valence-electron chi connectivity index (χ3n) is 3.08. The third kappa shape index (κ3) is 2.99. The highest BCUT2D eigenvalue weighted by atomic mass is 79.9. The van der Waals surface area contributed by atoms with E-state index in [-0.39, 0.29) is 0 Å². The number of rotatable bonds is 4. The average Bonchev–Trinajstić information content (AvgIpc) is 2.31. The summed E-state index contributed by atoms with van der Waals surface area (Å²) in [5.41, 5.74) is 0.468. The molecule has 1 aromatic rings. The lowest BCUT2D eigenvalue weighted by molar-refractivity contribution is 0.415. The Morgan fingerprint density at radius 3 is 2.44 bits per heavy atom. The number of nitrogens with zero attached hydrogens (tertiary/aromatic N) is 1. The van der Waals surface area contributed by atoms with Gasteiger partial charge >= 0.3 is 0 Å². The molecule has 16 heavy (non-hydrogen) atoms. The molecule has 86 valence electrons. The van der Waals surface area contributed by atoms with Gasteiger partial charge in [0.15, 0.2) is 0 Å². The van der Waals surface area contributed by atoms with Gasteiger partial charge in [-0.1, -0.05) is 36.2 Å². The Hall–Kier alpha value is -1.01. The number of benzene rings is 1. The van der Waals surface area contributed by atoms with Crippen molar-refractivity contribution in [3.63, 3.8) is 0 Å². The number of halogens is 1. The Kier molecular flexibility index (Phi) is 4.37. The van der Waals surface area contributed by atoms with E-state index in [1.54, 1.807) is 0 Å². The molecule has 0 saturated carbocycles. The van der Waals surface area contributed by atoms with E-state index in [1.807, 2.05) is 31.2 Å². The van der Waals surface area contributed by atoms with Gasteiger partial charge in [0.05, 0.1) is 6.07 Å². The van der Waals surface area contributed by atoms with E-state index in [2.05, 4.69) is 41.2 Å². The molecule has 0 aliphatic rings. The van der Waals surface area contributed by atoms with Crippen LogP contribution >= 0.6 is 15.9 Å². The standard InChI is InChI=1S/C13H17BrN2/c1-4-10(2)13(3,9-15)16-12-7-5-11(14)6-8-12/h5-8,10,16H,4H2,1-3H3. The van der Waals surface area contributed by atoms with Gasteiger partial charge in [0.1, 0.15) is 5.54 Å². The van der Waals surface area contributed by atoms with Crippen LogP contribution in [0.4, 0.5) is 5.69 Å². The molecule has 0 amide bonds. The fourth-order valence-electron chi connectivity index (χ4n) is 1.50. The predicted octanol–water partition coefficient (Wildman–Crippen LogP) is 4.19. The van der Waals surface area contributed by atoms with Crippen LogP contribution in [0.15, 0.2) is 28.7 Å². The summed E-state index contributed by atoms with van der Waals surface area (Å²) in [4.78, 5) is 0. The number of hydrogen-bond acceptors (Lipinski definition) is 2. The van der Waals surface area contributed by atoms with Crippen molar-refractivity contribution in [3.05, 3.63) is 28.7 Å². The Bertz CT molecular complexity index is 380. The van der Waals surface area contributed by atoms with Gasteiger partial charge in [-0.05, 0) is 37.1 Å². The van der Waals surface area contributed by atoms with E-state index in [0.29, 0.717) is 5.92 Å². The topological polar surface area (TPSA) is 35.8 Å². The quantitative estimate of drug-likeness (QED) is 0.898. The summed E-state index contributed by atoms with van der Waals surface area (Å²) in [6.45, 7) is 6.14. The first kappa shape index (κ1) is 13.1. The maximum absolute atomic E-state index is 9.28. The van der Waals surface area contributed by atoms with Crippen molar-refractivity contribution in [2.24, 2.45) is 5.92 Å². The number of hydrogen-bond donors (Lipinski definition) is 1. The molecule has 0 aliphatic heterocycles. The van der Waals surface area contributed by atoms with Gasteiger partial charge in [-0.3, -0.25) is 0 Å². The molecular weight excluding hydrogens is 264 g/mol. The molecule has 0 bridgehead atoms. The lowest BCUT2D eigenvalue weighted by Crippen LogP contribution is -2.39. The van der Waals surface area contributed by atoms with E-state index in [0.717, 1.165) is 16.6 Å². The molecule has 0 aliphatic carbocycles. The minimum Gasteiger partial charge on any atom is -0.367 e. The predicted molar refractivity (Wildman–Crippen MR) is 71.2 cm³/mol. The van der Waals surface area contributed by atoms with E-state index in [1.165, 1.54) is 0 Å². The van der Waals surface area contributed by atoms with Crippen molar-refractivity contribution < 1.29 is 0 Å². The second-order valence-corrected chi connectivity index (χ2v) is 5.17. The van der Waals surface area contributed by atoms with E-state index in [4.69, 9.17) is 0 Å². The molecule has 0 aromatic heterocycles. The molecule has 0 fully saturated rings. The number of nitrogens with one attached hydrogen (secondary N) is 1. The summed E-state index contributed by atoms with van der Waals surface area (Å²) in [7, 11) is 0. The van der Waals surface area contributed by atoms with Crippen LogP contribution in [0.5, 0.6) is 0 Å². The first-order valence-corrected chi connectivity index (χ1v) is 6.26.